The number of nitrogens with zero attached hydrogens (tertiary/aromatic N) is 3. The van der Waals surface area contributed by atoms with E-state index < -0.39 is 20.5 Å². The number of nitrogens with one attached hydrogen (secondary N) is 1. The number of alkyl halides is 2. The Morgan fingerprint density at radius 1 is 1.08 bits per heavy atom. The average molecular weight is 364 g/mol. The van der Waals surface area contributed by atoms with Crippen molar-refractivity contribution in [2.45, 2.75) is 17.2 Å². The summed E-state index contributed by atoms with van der Waals surface area (Å²) in [7, 11) is -4.58. The van der Waals surface area contributed by atoms with Crippen molar-refractivity contribution in [1.82, 2.24) is 14.8 Å². The minimum atomic E-state index is -4.58. The van der Waals surface area contributed by atoms with Gasteiger partial charge in [-0.2, -0.15) is 13.9 Å². The minimum absolute atomic E-state index is 0.407. The monoisotopic (exact) mass is 364 g/mol. The summed E-state index contributed by atoms with van der Waals surface area (Å²) in [4.78, 5) is 3.89. The van der Waals surface area contributed by atoms with E-state index in [4.69, 9.17) is 0 Å². The first-order valence-electron chi connectivity index (χ1n) is 7.28. The molecule has 3 rings (SSSR count). The molecule has 2 aromatic heterocycles. The molecule has 2 heterocycles. The van der Waals surface area contributed by atoms with Gasteiger partial charge in [0.15, 0.2) is 5.82 Å². The molecule has 6 nitrogen and oxygen atoms in total. The largest absolute Gasteiger partial charge is 0.381 e. The molecule has 25 heavy (non-hydrogen) atoms. The summed E-state index contributed by atoms with van der Waals surface area (Å²) >= 11 is 0. The lowest BCUT2D eigenvalue weighted by atomic mass is 10.2. The Labute approximate surface area is 143 Å². The van der Waals surface area contributed by atoms with Crippen LogP contribution in [0.15, 0.2) is 66.0 Å². The van der Waals surface area contributed by atoms with E-state index in [9.17, 15) is 17.2 Å². The standard InChI is InChI=1S/C16H14F2N4O2S/c17-16(18)25(23,24)14-6-4-13(5-7-14)20-11-12-3-1-8-19-15(12)22-10-2-9-21-22/h1-10,16,20H,11H2. The van der Waals surface area contributed by atoms with E-state index in [0.717, 1.165) is 17.7 Å². The smallest absolute Gasteiger partial charge is 0.341 e. The third-order valence-corrected chi connectivity index (χ3v) is 4.89. The normalized spacial score (nSPS) is 11.6. The first kappa shape index (κ1) is 17.0. The topological polar surface area (TPSA) is 76.9 Å². The van der Waals surface area contributed by atoms with Gasteiger partial charge in [0.05, 0.1) is 4.90 Å². The molecule has 130 valence electrons. The fraction of sp³-hybridized carbons (Fsp3) is 0.125. The van der Waals surface area contributed by atoms with Gasteiger partial charge in [0.1, 0.15) is 0 Å². The number of benzene rings is 1. The highest BCUT2D eigenvalue weighted by Crippen LogP contribution is 2.21. The highest BCUT2D eigenvalue weighted by molar-refractivity contribution is 7.91. The van der Waals surface area contributed by atoms with Crippen LogP contribution in [0.2, 0.25) is 0 Å². The molecule has 0 spiro atoms. The summed E-state index contributed by atoms with van der Waals surface area (Å²) in [5.74, 6) is -2.77. The van der Waals surface area contributed by atoms with Gasteiger partial charge in [-0.3, -0.25) is 0 Å². The number of rotatable bonds is 6. The molecule has 0 amide bonds. The molecule has 9 heteroatoms. The summed E-state index contributed by atoms with van der Waals surface area (Å²) in [6, 6.07) is 10.7. The summed E-state index contributed by atoms with van der Waals surface area (Å²) in [6.07, 6.45) is 5.08. The predicted octanol–water partition coefficient (Wildman–Crippen LogP) is 2.88. The molecule has 1 N–H and O–H groups in total. The summed E-state index contributed by atoms with van der Waals surface area (Å²) in [5.41, 5.74) is 1.47. The second-order valence-corrected chi connectivity index (χ2v) is 7.04. The Hall–Kier alpha value is -2.81. The van der Waals surface area contributed by atoms with Crippen molar-refractivity contribution in [3.63, 3.8) is 0 Å². The van der Waals surface area contributed by atoms with Gasteiger partial charge in [-0.15, -0.1) is 0 Å². The zero-order chi connectivity index (χ0) is 17.9. The third kappa shape index (κ3) is 3.66. The number of halogens is 2. The van der Waals surface area contributed by atoms with Crippen molar-refractivity contribution in [3.8, 4) is 5.82 Å². The van der Waals surface area contributed by atoms with E-state index in [0.29, 0.717) is 18.1 Å². The summed E-state index contributed by atoms with van der Waals surface area (Å²) < 4.78 is 49.5. The van der Waals surface area contributed by atoms with Crippen LogP contribution in [-0.4, -0.2) is 28.9 Å². The Bertz CT molecular complexity index is 943. The van der Waals surface area contributed by atoms with Gasteiger partial charge in [-0.05, 0) is 36.4 Å². The van der Waals surface area contributed by atoms with Gasteiger partial charge in [-0.25, -0.2) is 18.1 Å². The fourth-order valence-corrected chi connectivity index (χ4v) is 2.95. The molecule has 0 radical (unpaired) electrons. The van der Waals surface area contributed by atoms with Crippen LogP contribution >= 0.6 is 0 Å². The fourth-order valence-electron chi connectivity index (χ4n) is 2.23. The van der Waals surface area contributed by atoms with Crippen LogP contribution in [0.1, 0.15) is 5.56 Å². The molecular weight excluding hydrogens is 350 g/mol. The van der Waals surface area contributed by atoms with E-state index in [1.807, 2.05) is 6.07 Å². The van der Waals surface area contributed by atoms with Gasteiger partial charge in [0.2, 0.25) is 9.84 Å². The zero-order valence-electron chi connectivity index (χ0n) is 12.9. The van der Waals surface area contributed by atoms with Crippen molar-refractivity contribution in [2.24, 2.45) is 0 Å². The van der Waals surface area contributed by atoms with Crippen molar-refractivity contribution >= 4 is 15.5 Å². The lowest BCUT2D eigenvalue weighted by Gasteiger charge is -2.11. The predicted molar refractivity (Wildman–Crippen MR) is 88.3 cm³/mol. The Balaban J connectivity index is 1.75. The molecule has 0 fully saturated rings. The second kappa shape index (κ2) is 6.98. The van der Waals surface area contributed by atoms with Crippen LogP contribution in [0.25, 0.3) is 5.82 Å². The summed E-state index contributed by atoms with van der Waals surface area (Å²) in [6.45, 7) is 0.407. The molecule has 0 atom stereocenters. The lowest BCUT2D eigenvalue weighted by molar-refractivity contribution is 0.234. The molecule has 3 aromatic rings. The highest BCUT2D eigenvalue weighted by Gasteiger charge is 2.26. The molecule has 0 saturated carbocycles. The van der Waals surface area contributed by atoms with E-state index >= 15 is 0 Å². The number of anilines is 1. The minimum Gasteiger partial charge on any atom is -0.381 e. The molecule has 0 aliphatic rings. The Morgan fingerprint density at radius 2 is 1.84 bits per heavy atom. The van der Waals surface area contributed by atoms with Crippen LogP contribution in [0.3, 0.4) is 0 Å². The SMILES string of the molecule is O=S(=O)(c1ccc(NCc2cccnc2-n2cccn2)cc1)C(F)F. The van der Waals surface area contributed by atoms with Crippen LogP contribution in [0, 0.1) is 0 Å². The molecule has 0 aliphatic heterocycles. The summed E-state index contributed by atoms with van der Waals surface area (Å²) in [5, 5.41) is 7.25. The van der Waals surface area contributed by atoms with E-state index in [2.05, 4.69) is 15.4 Å². The van der Waals surface area contributed by atoms with Gasteiger partial charge in [0, 0.05) is 36.4 Å². The van der Waals surface area contributed by atoms with Crippen molar-refractivity contribution in [1.29, 1.82) is 0 Å². The molecule has 0 unspecified atom stereocenters. The van der Waals surface area contributed by atoms with E-state index in [1.165, 1.54) is 12.1 Å². The van der Waals surface area contributed by atoms with E-state index in [1.54, 1.807) is 35.4 Å². The maximum atomic E-state index is 12.5. The average Bonchev–Trinajstić information content (AvgIpc) is 3.15. The van der Waals surface area contributed by atoms with Crippen LogP contribution < -0.4 is 5.32 Å². The third-order valence-electron chi connectivity index (χ3n) is 3.49. The number of sulfone groups is 1. The van der Waals surface area contributed by atoms with Crippen molar-refractivity contribution < 1.29 is 17.2 Å². The Morgan fingerprint density at radius 3 is 2.48 bits per heavy atom. The molecular formula is C16H14F2N4O2S. The number of hydrogen-bond acceptors (Lipinski definition) is 5. The molecule has 0 bridgehead atoms. The second-order valence-electron chi connectivity index (χ2n) is 5.12. The first-order valence-corrected chi connectivity index (χ1v) is 8.83. The first-order chi connectivity index (χ1) is 12.0. The number of pyridine rings is 1. The molecule has 0 aliphatic carbocycles. The highest BCUT2D eigenvalue weighted by atomic mass is 32.2. The number of hydrogen-bond donors (Lipinski definition) is 1. The lowest BCUT2D eigenvalue weighted by Crippen LogP contribution is -2.11. The van der Waals surface area contributed by atoms with Gasteiger partial charge in [-0.1, -0.05) is 6.07 Å². The van der Waals surface area contributed by atoms with Crippen molar-refractivity contribution in [3.05, 3.63) is 66.6 Å². The van der Waals surface area contributed by atoms with Gasteiger partial charge >= 0.3 is 5.76 Å². The molecule has 0 saturated heterocycles. The zero-order valence-corrected chi connectivity index (χ0v) is 13.7. The molecule has 1 aromatic carbocycles. The maximum Gasteiger partial charge on any atom is 0.341 e. The maximum absolute atomic E-state index is 12.5. The van der Waals surface area contributed by atoms with Crippen LogP contribution in [0.5, 0.6) is 0 Å². The van der Waals surface area contributed by atoms with Crippen LogP contribution in [0.4, 0.5) is 14.5 Å². The number of aromatic nitrogens is 3. The van der Waals surface area contributed by atoms with E-state index in [-0.39, 0.29) is 0 Å². The van der Waals surface area contributed by atoms with Gasteiger partial charge < -0.3 is 5.32 Å². The van der Waals surface area contributed by atoms with Gasteiger partial charge in [0.25, 0.3) is 0 Å². The van der Waals surface area contributed by atoms with Crippen LogP contribution in [-0.2, 0) is 16.4 Å². The van der Waals surface area contributed by atoms with Crippen molar-refractivity contribution in [2.75, 3.05) is 5.32 Å². The quantitative estimate of drug-likeness (QED) is 0.728. The Kier molecular flexibility index (Phi) is 4.75.